The van der Waals surface area contributed by atoms with Gasteiger partial charge in [-0.05, 0) is 24.6 Å². The van der Waals surface area contributed by atoms with Crippen molar-refractivity contribution in [2.45, 2.75) is 19.2 Å². The van der Waals surface area contributed by atoms with E-state index in [1.165, 1.54) is 0 Å². The minimum absolute atomic E-state index is 0. The van der Waals surface area contributed by atoms with Gasteiger partial charge in [-0.2, -0.15) is 0 Å². The maximum Gasteiger partial charge on any atom is 0.249 e. The zero-order valence-corrected chi connectivity index (χ0v) is 7.06. The molecule has 0 heterocycles. The SMILES string of the molecule is C.Cc1c(S)cccc1C(N)=O. The molecule has 0 fully saturated rings. The van der Waals surface area contributed by atoms with Crippen LogP contribution in [0.2, 0.25) is 0 Å². The first kappa shape index (κ1) is 11.0. The summed E-state index contributed by atoms with van der Waals surface area (Å²) in [4.78, 5) is 11.6. The highest BCUT2D eigenvalue weighted by atomic mass is 32.1. The summed E-state index contributed by atoms with van der Waals surface area (Å²) in [5, 5.41) is 0. The molecule has 0 aliphatic heterocycles. The third-order valence-electron chi connectivity index (χ3n) is 1.57. The fraction of sp³-hybridized carbons (Fsp3) is 0.222. The lowest BCUT2D eigenvalue weighted by Crippen LogP contribution is -2.12. The Balaban J connectivity index is 0.00000121. The smallest absolute Gasteiger partial charge is 0.249 e. The van der Waals surface area contributed by atoms with Crippen molar-refractivity contribution >= 4 is 18.5 Å². The van der Waals surface area contributed by atoms with Crippen molar-refractivity contribution in [3.05, 3.63) is 29.3 Å². The molecular weight excluding hydrogens is 170 g/mol. The van der Waals surface area contributed by atoms with Gasteiger partial charge in [-0.3, -0.25) is 4.79 Å². The second kappa shape index (κ2) is 4.16. The van der Waals surface area contributed by atoms with E-state index in [9.17, 15) is 4.79 Å². The summed E-state index contributed by atoms with van der Waals surface area (Å²) in [5.41, 5.74) is 6.49. The lowest BCUT2D eigenvalue weighted by atomic mass is 10.1. The average Bonchev–Trinajstić information content (AvgIpc) is 1.94. The van der Waals surface area contributed by atoms with Gasteiger partial charge >= 0.3 is 0 Å². The molecule has 0 saturated carbocycles. The van der Waals surface area contributed by atoms with Crippen molar-refractivity contribution in [1.29, 1.82) is 0 Å². The van der Waals surface area contributed by atoms with E-state index in [1.54, 1.807) is 12.1 Å². The molecule has 0 unspecified atom stereocenters. The van der Waals surface area contributed by atoms with Crippen molar-refractivity contribution < 1.29 is 4.79 Å². The van der Waals surface area contributed by atoms with Crippen molar-refractivity contribution in [2.75, 3.05) is 0 Å². The van der Waals surface area contributed by atoms with E-state index in [1.807, 2.05) is 13.0 Å². The van der Waals surface area contributed by atoms with Gasteiger partial charge in [-0.1, -0.05) is 13.5 Å². The van der Waals surface area contributed by atoms with Crippen molar-refractivity contribution in [2.24, 2.45) is 5.73 Å². The van der Waals surface area contributed by atoms with Crippen LogP contribution in [0.3, 0.4) is 0 Å². The van der Waals surface area contributed by atoms with Crippen molar-refractivity contribution in [3.63, 3.8) is 0 Å². The molecule has 0 aliphatic carbocycles. The fourth-order valence-electron chi connectivity index (χ4n) is 0.890. The van der Waals surface area contributed by atoms with Gasteiger partial charge in [0.05, 0.1) is 0 Å². The van der Waals surface area contributed by atoms with Crippen LogP contribution >= 0.6 is 12.6 Å². The molecule has 66 valence electrons. The molecule has 0 atom stereocenters. The number of primary amides is 1. The van der Waals surface area contributed by atoms with Gasteiger partial charge in [0.2, 0.25) is 5.91 Å². The zero-order chi connectivity index (χ0) is 8.43. The van der Waals surface area contributed by atoms with Crippen LogP contribution in [0.15, 0.2) is 23.1 Å². The molecule has 0 spiro atoms. The van der Waals surface area contributed by atoms with E-state index >= 15 is 0 Å². The lowest BCUT2D eigenvalue weighted by Gasteiger charge is -2.02. The molecule has 3 heteroatoms. The summed E-state index contributed by atoms with van der Waals surface area (Å²) in [6, 6.07) is 5.28. The van der Waals surface area contributed by atoms with Gasteiger partial charge in [0.15, 0.2) is 0 Å². The van der Waals surface area contributed by atoms with Crippen LogP contribution in [-0.2, 0) is 0 Å². The molecule has 0 radical (unpaired) electrons. The number of carbonyl (C=O) groups is 1. The second-order valence-corrected chi connectivity index (χ2v) is 2.80. The predicted octanol–water partition coefficient (Wildman–Crippen LogP) is 2.02. The Labute approximate surface area is 78.2 Å². The molecule has 2 nitrogen and oxygen atoms in total. The standard InChI is InChI=1S/C8H9NOS.CH4/c1-5-6(8(9)10)3-2-4-7(5)11;/h2-4,11H,1H3,(H2,9,10);1H4. The van der Waals surface area contributed by atoms with Crippen LogP contribution in [0.5, 0.6) is 0 Å². The number of amides is 1. The molecule has 12 heavy (non-hydrogen) atoms. The first-order chi connectivity index (χ1) is 5.13. The first-order valence-electron chi connectivity index (χ1n) is 3.21. The van der Waals surface area contributed by atoms with E-state index in [4.69, 9.17) is 5.73 Å². The third kappa shape index (κ3) is 2.01. The summed E-state index contributed by atoms with van der Waals surface area (Å²) < 4.78 is 0. The molecule has 1 amide bonds. The fourth-order valence-corrected chi connectivity index (χ4v) is 1.10. The highest BCUT2D eigenvalue weighted by Crippen LogP contribution is 2.15. The van der Waals surface area contributed by atoms with E-state index in [0.717, 1.165) is 10.5 Å². The van der Waals surface area contributed by atoms with Gasteiger partial charge in [0, 0.05) is 10.5 Å². The summed E-state index contributed by atoms with van der Waals surface area (Å²) in [5.74, 6) is -0.404. The van der Waals surface area contributed by atoms with E-state index in [0.29, 0.717) is 5.56 Å². The first-order valence-corrected chi connectivity index (χ1v) is 3.66. The molecule has 1 aromatic rings. The molecular formula is C9H13NOS. The van der Waals surface area contributed by atoms with Crippen LogP contribution in [0, 0.1) is 6.92 Å². The summed E-state index contributed by atoms with van der Waals surface area (Å²) >= 11 is 4.15. The Morgan fingerprint density at radius 3 is 2.50 bits per heavy atom. The number of benzene rings is 1. The average molecular weight is 183 g/mol. The largest absolute Gasteiger partial charge is 0.366 e. The number of hydrogen-bond acceptors (Lipinski definition) is 2. The number of thiol groups is 1. The highest BCUT2D eigenvalue weighted by molar-refractivity contribution is 7.80. The topological polar surface area (TPSA) is 43.1 Å². The van der Waals surface area contributed by atoms with Gasteiger partial charge in [-0.25, -0.2) is 0 Å². The highest BCUT2D eigenvalue weighted by Gasteiger charge is 2.04. The summed E-state index contributed by atoms with van der Waals surface area (Å²) in [6.07, 6.45) is 0. The zero-order valence-electron chi connectivity index (χ0n) is 6.16. The van der Waals surface area contributed by atoms with Crippen LogP contribution in [-0.4, -0.2) is 5.91 Å². The van der Waals surface area contributed by atoms with Crippen molar-refractivity contribution in [1.82, 2.24) is 0 Å². The van der Waals surface area contributed by atoms with Gasteiger partial charge in [0.25, 0.3) is 0 Å². The minimum Gasteiger partial charge on any atom is -0.366 e. The molecule has 0 saturated heterocycles. The van der Waals surface area contributed by atoms with Crippen molar-refractivity contribution in [3.8, 4) is 0 Å². The second-order valence-electron chi connectivity index (χ2n) is 2.31. The Kier molecular flexibility index (Phi) is 3.83. The molecule has 2 N–H and O–H groups in total. The maximum absolute atomic E-state index is 10.8. The molecule has 1 aromatic carbocycles. The van der Waals surface area contributed by atoms with E-state index in [-0.39, 0.29) is 7.43 Å². The molecule has 1 rings (SSSR count). The number of carbonyl (C=O) groups excluding carboxylic acids is 1. The molecule has 0 aliphatic rings. The van der Waals surface area contributed by atoms with E-state index in [2.05, 4.69) is 12.6 Å². The van der Waals surface area contributed by atoms with Gasteiger partial charge in [0.1, 0.15) is 0 Å². The number of rotatable bonds is 1. The summed E-state index contributed by atoms with van der Waals surface area (Å²) in [7, 11) is 0. The number of hydrogen-bond donors (Lipinski definition) is 2. The van der Waals surface area contributed by atoms with Crippen LogP contribution in [0.25, 0.3) is 0 Å². The van der Waals surface area contributed by atoms with Gasteiger partial charge in [-0.15, -0.1) is 12.6 Å². The number of nitrogens with two attached hydrogens (primary N) is 1. The lowest BCUT2D eigenvalue weighted by molar-refractivity contribution is 0.0999. The predicted molar refractivity (Wildman–Crippen MR) is 53.7 cm³/mol. The Bertz CT molecular complexity index is 297. The molecule has 0 aromatic heterocycles. The van der Waals surface area contributed by atoms with Gasteiger partial charge < -0.3 is 5.73 Å². The Morgan fingerprint density at radius 1 is 1.50 bits per heavy atom. The third-order valence-corrected chi connectivity index (χ3v) is 2.06. The van der Waals surface area contributed by atoms with E-state index < -0.39 is 5.91 Å². The monoisotopic (exact) mass is 183 g/mol. The van der Waals surface area contributed by atoms with Crippen LogP contribution in [0.1, 0.15) is 23.3 Å². The normalized spacial score (nSPS) is 8.83. The summed E-state index contributed by atoms with van der Waals surface area (Å²) in [6.45, 7) is 1.82. The quantitative estimate of drug-likeness (QED) is 0.643. The Hall–Kier alpha value is -0.960. The minimum atomic E-state index is -0.404. The molecule has 0 bridgehead atoms. The van der Waals surface area contributed by atoms with Crippen LogP contribution < -0.4 is 5.73 Å². The Morgan fingerprint density at radius 2 is 2.08 bits per heavy atom. The van der Waals surface area contributed by atoms with Crippen LogP contribution in [0.4, 0.5) is 0 Å². The maximum atomic E-state index is 10.8.